The zero-order valence-corrected chi connectivity index (χ0v) is 22.5. The van der Waals surface area contributed by atoms with E-state index in [2.05, 4.69) is 42.6 Å². The molecule has 2 unspecified atom stereocenters. The van der Waals surface area contributed by atoms with Crippen LogP contribution in [0.1, 0.15) is 31.4 Å². The second kappa shape index (κ2) is 16.3. The number of likely N-dealkylation sites (N-methyl/N-ethyl adjacent to an activating group) is 1. The number of nitrogens with one attached hydrogen (secondary N) is 2. The first-order valence-corrected chi connectivity index (χ1v) is 11.1. The van der Waals surface area contributed by atoms with Crippen molar-refractivity contribution in [2.24, 2.45) is 10.9 Å². The average molecular weight is 565 g/mol. The molecule has 0 radical (unpaired) electrons. The van der Waals surface area contributed by atoms with Crippen LogP contribution in [-0.4, -0.2) is 85.2 Å². The van der Waals surface area contributed by atoms with E-state index in [4.69, 9.17) is 23.9 Å². The maximum absolute atomic E-state index is 5.78. The quantitative estimate of drug-likeness (QED) is 0.165. The summed E-state index contributed by atoms with van der Waals surface area (Å²) in [4.78, 5) is 6.98. The lowest BCUT2D eigenvalue weighted by atomic mass is 10.1. The van der Waals surface area contributed by atoms with E-state index in [0.717, 1.165) is 75.4 Å². The molecule has 1 aliphatic rings. The third-order valence-corrected chi connectivity index (χ3v) is 5.32. The monoisotopic (exact) mass is 564 g/mol. The summed E-state index contributed by atoms with van der Waals surface area (Å²) >= 11 is 0. The van der Waals surface area contributed by atoms with Gasteiger partial charge in [-0.15, -0.1) is 24.0 Å². The van der Waals surface area contributed by atoms with Gasteiger partial charge in [-0.05, 0) is 51.6 Å². The van der Waals surface area contributed by atoms with Crippen molar-refractivity contribution >= 4 is 29.9 Å². The molecule has 8 nitrogen and oxygen atoms in total. The average Bonchev–Trinajstić information content (AvgIpc) is 3.29. The van der Waals surface area contributed by atoms with Crippen LogP contribution < -0.4 is 20.1 Å². The Bertz CT molecular complexity index is 669. The predicted molar refractivity (Wildman–Crippen MR) is 140 cm³/mol. The fourth-order valence-corrected chi connectivity index (χ4v) is 3.49. The van der Waals surface area contributed by atoms with Crippen molar-refractivity contribution in [1.82, 2.24) is 15.5 Å². The molecule has 0 bridgehead atoms. The third kappa shape index (κ3) is 9.68. The van der Waals surface area contributed by atoms with Gasteiger partial charge in [0.25, 0.3) is 0 Å². The minimum atomic E-state index is 0. The summed E-state index contributed by atoms with van der Waals surface area (Å²) in [6, 6.07) is 6.14. The first-order chi connectivity index (χ1) is 15.1. The fraction of sp³-hybridized carbons (Fsp3) is 0.696. The van der Waals surface area contributed by atoms with Crippen LogP contribution in [0, 0.1) is 5.92 Å². The fourth-order valence-electron chi connectivity index (χ4n) is 3.49. The number of hydrogen-bond donors (Lipinski definition) is 2. The first-order valence-electron chi connectivity index (χ1n) is 11.1. The summed E-state index contributed by atoms with van der Waals surface area (Å²) < 4.78 is 22.0. The van der Waals surface area contributed by atoms with Crippen molar-refractivity contribution in [3.05, 3.63) is 23.8 Å². The largest absolute Gasteiger partial charge is 0.493 e. The van der Waals surface area contributed by atoms with E-state index in [-0.39, 0.29) is 30.0 Å². The lowest BCUT2D eigenvalue weighted by molar-refractivity contribution is 0.0888. The van der Waals surface area contributed by atoms with Gasteiger partial charge in [-0.1, -0.05) is 6.07 Å². The van der Waals surface area contributed by atoms with Gasteiger partial charge < -0.3 is 34.5 Å². The molecule has 0 amide bonds. The number of nitrogens with zero attached hydrogens (tertiary/aromatic N) is 2. The summed E-state index contributed by atoms with van der Waals surface area (Å²) in [5.74, 6) is 2.83. The van der Waals surface area contributed by atoms with E-state index in [1.54, 1.807) is 14.2 Å². The van der Waals surface area contributed by atoms with Gasteiger partial charge >= 0.3 is 0 Å². The highest BCUT2D eigenvalue weighted by molar-refractivity contribution is 14.0. The van der Waals surface area contributed by atoms with E-state index in [9.17, 15) is 0 Å². The number of benzene rings is 1. The molecule has 1 heterocycles. The van der Waals surface area contributed by atoms with Crippen molar-refractivity contribution in [2.75, 3.05) is 74.4 Å². The number of halogens is 1. The van der Waals surface area contributed by atoms with E-state index >= 15 is 0 Å². The molecule has 0 aliphatic carbocycles. The molecule has 1 aliphatic heterocycles. The number of hydrogen-bond acceptors (Lipinski definition) is 6. The van der Waals surface area contributed by atoms with Crippen LogP contribution in [-0.2, 0) is 9.47 Å². The van der Waals surface area contributed by atoms with Crippen molar-refractivity contribution in [3.8, 4) is 11.5 Å². The first kappa shape index (κ1) is 28.7. The summed E-state index contributed by atoms with van der Waals surface area (Å²) in [6.07, 6.45) is 2.05. The zero-order chi connectivity index (χ0) is 22.5. The molecule has 2 rings (SSSR count). The van der Waals surface area contributed by atoms with Crippen LogP contribution in [0.2, 0.25) is 0 Å². The summed E-state index contributed by atoms with van der Waals surface area (Å²) in [5, 5.41) is 6.73. The molecule has 9 heteroatoms. The molecule has 0 saturated carbocycles. The number of methoxy groups -OCH3 is 2. The maximum atomic E-state index is 5.78. The van der Waals surface area contributed by atoms with Crippen LogP contribution in [0.5, 0.6) is 11.5 Å². The lowest BCUT2D eigenvalue weighted by Gasteiger charge is -2.24. The maximum Gasteiger partial charge on any atom is 0.191 e. The van der Waals surface area contributed by atoms with Crippen molar-refractivity contribution in [3.63, 3.8) is 0 Å². The SMILES string of the molecule is CCNC(=NCC(c1ccc(OC)c(OC)c1)N(C)C)NCCCOCC1CCOC1.I. The Morgan fingerprint density at radius 1 is 1.22 bits per heavy atom. The molecule has 184 valence electrons. The normalized spacial score (nSPS) is 17.1. The van der Waals surface area contributed by atoms with Gasteiger partial charge in [0.1, 0.15) is 0 Å². The number of aliphatic imine (C=N–C) groups is 1. The molecule has 0 aromatic heterocycles. The number of guanidine groups is 1. The molecule has 0 spiro atoms. The molecule has 1 fully saturated rings. The Kier molecular flexibility index (Phi) is 14.7. The molecule has 2 atom stereocenters. The van der Waals surface area contributed by atoms with Gasteiger partial charge in [-0.25, -0.2) is 0 Å². The second-order valence-corrected chi connectivity index (χ2v) is 7.90. The molecule has 32 heavy (non-hydrogen) atoms. The minimum absolute atomic E-state index is 0. The molecular formula is C23H41IN4O4. The Morgan fingerprint density at radius 2 is 2.00 bits per heavy atom. The Balaban J connectivity index is 0.00000512. The van der Waals surface area contributed by atoms with Gasteiger partial charge in [-0.3, -0.25) is 4.99 Å². The molecule has 2 N–H and O–H groups in total. The standard InChI is InChI=1S/C23H40N4O4.HI/c1-6-24-23(25-11-7-12-30-16-18-10-13-31-17-18)26-15-20(27(2)3)19-8-9-21(28-4)22(14-19)29-5;/h8-9,14,18,20H,6-7,10-13,15-17H2,1-5H3,(H2,24,25,26);1H. The highest BCUT2D eigenvalue weighted by Crippen LogP contribution is 2.31. The smallest absolute Gasteiger partial charge is 0.191 e. The molecular weight excluding hydrogens is 523 g/mol. The van der Waals surface area contributed by atoms with Crippen molar-refractivity contribution < 1.29 is 18.9 Å². The number of ether oxygens (including phenoxy) is 4. The summed E-state index contributed by atoms with van der Waals surface area (Å²) in [7, 11) is 7.42. The third-order valence-electron chi connectivity index (χ3n) is 5.32. The van der Waals surface area contributed by atoms with Crippen LogP contribution in [0.15, 0.2) is 23.2 Å². The van der Waals surface area contributed by atoms with Crippen LogP contribution in [0.3, 0.4) is 0 Å². The number of rotatable bonds is 13. The minimum Gasteiger partial charge on any atom is -0.493 e. The highest BCUT2D eigenvalue weighted by Gasteiger charge is 2.17. The Hall–Kier alpha value is -1.30. The van der Waals surface area contributed by atoms with Crippen LogP contribution in [0.4, 0.5) is 0 Å². The Morgan fingerprint density at radius 3 is 2.62 bits per heavy atom. The predicted octanol–water partition coefficient (Wildman–Crippen LogP) is 2.92. The van der Waals surface area contributed by atoms with Gasteiger partial charge in [0.2, 0.25) is 0 Å². The summed E-state index contributed by atoms with van der Waals surface area (Å²) in [6.45, 7) is 7.57. The van der Waals surface area contributed by atoms with Gasteiger partial charge in [0, 0.05) is 32.2 Å². The van der Waals surface area contributed by atoms with Crippen molar-refractivity contribution in [2.45, 2.75) is 25.8 Å². The van der Waals surface area contributed by atoms with Crippen LogP contribution >= 0.6 is 24.0 Å². The van der Waals surface area contributed by atoms with Crippen molar-refractivity contribution in [1.29, 1.82) is 0 Å². The summed E-state index contributed by atoms with van der Waals surface area (Å²) in [5.41, 5.74) is 1.13. The highest BCUT2D eigenvalue weighted by atomic mass is 127. The van der Waals surface area contributed by atoms with Crippen LogP contribution in [0.25, 0.3) is 0 Å². The molecule has 1 aromatic rings. The molecule has 1 saturated heterocycles. The van der Waals surface area contributed by atoms with Gasteiger partial charge in [0.15, 0.2) is 17.5 Å². The van der Waals surface area contributed by atoms with Gasteiger partial charge in [-0.2, -0.15) is 0 Å². The van der Waals surface area contributed by atoms with E-state index in [0.29, 0.717) is 12.5 Å². The van der Waals surface area contributed by atoms with E-state index in [1.165, 1.54) is 0 Å². The Labute approximate surface area is 210 Å². The second-order valence-electron chi connectivity index (χ2n) is 7.90. The molecule has 1 aromatic carbocycles. The van der Waals surface area contributed by atoms with E-state index < -0.39 is 0 Å². The lowest BCUT2D eigenvalue weighted by Crippen LogP contribution is -2.38. The van der Waals surface area contributed by atoms with Gasteiger partial charge in [0.05, 0.1) is 40.0 Å². The van der Waals surface area contributed by atoms with E-state index in [1.807, 2.05) is 12.1 Å². The zero-order valence-electron chi connectivity index (χ0n) is 20.2. The topological polar surface area (TPSA) is 76.6 Å².